The van der Waals surface area contributed by atoms with Crippen LogP contribution in [0.3, 0.4) is 0 Å². The van der Waals surface area contributed by atoms with Gasteiger partial charge in [0.1, 0.15) is 0 Å². The van der Waals surface area contributed by atoms with E-state index in [2.05, 4.69) is 35.2 Å². The normalized spacial score (nSPS) is 22.0. The standard InChI is InChI=1S/C16H25NO2/c1-13(2)19-12-16(18)11-17-9-8-15(10-17)14-6-4-3-5-7-14/h3-7,13,15-16,18H,8-12H2,1-2H3. The van der Waals surface area contributed by atoms with E-state index in [0.29, 0.717) is 12.5 Å². The molecule has 19 heavy (non-hydrogen) atoms. The molecule has 1 heterocycles. The Morgan fingerprint density at radius 1 is 1.32 bits per heavy atom. The lowest BCUT2D eigenvalue weighted by Crippen LogP contribution is -2.34. The highest BCUT2D eigenvalue weighted by atomic mass is 16.5. The quantitative estimate of drug-likeness (QED) is 0.854. The van der Waals surface area contributed by atoms with Crippen molar-refractivity contribution < 1.29 is 9.84 Å². The summed E-state index contributed by atoms with van der Waals surface area (Å²) in [4.78, 5) is 2.34. The summed E-state index contributed by atoms with van der Waals surface area (Å²) < 4.78 is 5.45. The Morgan fingerprint density at radius 2 is 2.05 bits per heavy atom. The van der Waals surface area contributed by atoms with Crippen LogP contribution in [0.1, 0.15) is 31.7 Å². The fourth-order valence-corrected chi connectivity index (χ4v) is 2.65. The maximum absolute atomic E-state index is 9.95. The lowest BCUT2D eigenvalue weighted by Gasteiger charge is -2.21. The molecule has 1 aliphatic rings. The van der Waals surface area contributed by atoms with Gasteiger partial charge in [-0.3, -0.25) is 0 Å². The number of ether oxygens (including phenoxy) is 1. The SMILES string of the molecule is CC(C)OCC(O)CN1CCC(c2ccccc2)C1. The van der Waals surface area contributed by atoms with Crippen molar-refractivity contribution in [1.82, 2.24) is 4.90 Å². The van der Waals surface area contributed by atoms with Gasteiger partial charge in [-0.1, -0.05) is 30.3 Å². The molecular weight excluding hydrogens is 238 g/mol. The number of hydrogen-bond acceptors (Lipinski definition) is 3. The van der Waals surface area contributed by atoms with Crippen LogP contribution in [-0.2, 0) is 4.74 Å². The highest BCUT2D eigenvalue weighted by Crippen LogP contribution is 2.26. The van der Waals surface area contributed by atoms with E-state index in [1.807, 2.05) is 13.8 Å². The number of aliphatic hydroxyl groups is 1. The molecule has 3 heteroatoms. The van der Waals surface area contributed by atoms with E-state index in [1.54, 1.807) is 0 Å². The minimum atomic E-state index is -0.378. The average molecular weight is 263 g/mol. The Kier molecular flexibility index (Phi) is 5.37. The second kappa shape index (κ2) is 7.04. The van der Waals surface area contributed by atoms with Gasteiger partial charge in [0.15, 0.2) is 0 Å². The van der Waals surface area contributed by atoms with Crippen LogP contribution in [0.15, 0.2) is 30.3 Å². The molecule has 0 bridgehead atoms. The van der Waals surface area contributed by atoms with Crippen molar-refractivity contribution in [2.24, 2.45) is 0 Å². The highest BCUT2D eigenvalue weighted by molar-refractivity contribution is 5.20. The van der Waals surface area contributed by atoms with Gasteiger partial charge in [0.2, 0.25) is 0 Å². The third-order valence-corrected chi connectivity index (χ3v) is 3.63. The zero-order valence-electron chi connectivity index (χ0n) is 12.0. The first-order valence-corrected chi connectivity index (χ1v) is 7.22. The maximum atomic E-state index is 9.95. The first-order chi connectivity index (χ1) is 9.15. The van der Waals surface area contributed by atoms with Gasteiger partial charge in [-0.05, 0) is 38.3 Å². The van der Waals surface area contributed by atoms with E-state index >= 15 is 0 Å². The highest BCUT2D eigenvalue weighted by Gasteiger charge is 2.25. The van der Waals surface area contributed by atoms with Gasteiger partial charge in [0, 0.05) is 13.1 Å². The molecule has 2 rings (SSSR count). The number of rotatable bonds is 6. The van der Waals surface area contributed by atoms with E-state index in [0.717, 1.165) is 19.6 Å². The molecule has 3 nitrogen and oxygen atoms in total. The fraction of sp³-hybridized carbons (Fsp3) is 0.625. The molecule has 0 aromatic heterocycles. The van der Waals surface area contributed by atoms with Gasteiger partial charge in [0.25, 0.3) is 0 Å². The van der Waals surface area contributed by atoms with Crippen molar-refractivity contribution in [1.29, 1.82) is 0 Å². The first-order valence-electron chi connectivity index (χ1n) is 7.22. The third-order valence-electron chi connectivity index (χ3n) is 3.63. The lowest BCUT2D eigenvalue weighted by atomic mass is 9.99. The minimum Gasteiger partial charge on any atom is -0.389 e. The summed E-state index contributed by atoms with van der Waals surface area (Å²) >= 11 is 0. The van der Waals surface area contributed by atoms with Crippen molar-refractivity contribution >= 4 is 0 Å². The molecule has 0 aliphatic carbocycles. The number of nitrogens with zero attached hydrogens (tertiary/aromatic N) is 1. The van der Waals surface area contributed by atoms with E-state index < -0.39 is 0 Å². The average Bonchev–Trinajstić information content (AvgIpc) is 2.86. The zero-order chi connectivity index (χ0) is 13.7. The molecule has 2 atom stereocenters. The Bertz CT molecular complexity index is 366. The molecular formula is C16H25NO2. The summed E-state index contributed by atoms with van der Waals surface area (Å²) in [6.45, 7) is 7.25. The van der Waals surface area contributed by atoms with E-state index in [1.165, 1.54) is 12.0 Å². The van der Waals surface area contributed by atoms with E-state index in [4.69, 9.17) is 4.74 Å². The van der Waals surface area contributed by atoms with Crippen LogP contribution in [0.5, 0.6) is 0 Å². The molecule has 106 valence electrons. The predicted octanol–water partition coefficient (Wildman–Crippen LogP) is 2.26. The van der Waals surface area contributed by atoms with Crippen molar-refractivity contribution in [3.8, 4) is 0 Å². The minimum absolute atomic E-state index is 0.185. The zero-order valence-corrected chi connectivity index (χ0v) is 12.0. The van der Waals surface area contributed by atoms with Gasteiger partial charge in [-0.2, -0.15) is 0 Å². The summed E-state index contributed by atoms with van der Waals surface area (Å²) in [5, 5.41) is 9.95. The molecule has 1 fully saturated rings. The van der Waals surface area contributed by atoms with Crippen LogP contribution in [0.2, 0.25) is 0 Å². The summed E-state index contributed by atoms with van der Waals surface area (Å²) in [7, 11) is 0. The third kappa shape index (κ3) is 4.60. The molecule has 0 spiro atoms. The summed E-state index contributed by atoms with van der Waals surface area (Å²) in [6.07, 6.45) is 0.990. The second-order valence-electron chi connectivity index (χ2n) is 5.69. The van der Waals surface area contributed by atoms with Crippen LogP contribution in [0.25, 0.3) is 0 Å². The number of aliphatic hydroxyl groups excluding tert-OH is 1. The molecule has 1 N–H and O–H groups in total. The van der Waals surface area contributed by atoms with Gasteiger partial charge in [-0.25, -0.2) is 0 Å². The molecule has 1 aliphatic heterocycles. The van der Waals surface area contributed by atoms with Gasteiger partial charge >= 0.3 is 0 Å². The first kappa shape index (κ1) is 14.5. The van der Waals surface area contributed by atoms with Crippen LogP contribution in [0.4, 0.5) is 0 Å². The number of likely N-dealkylation sites (tertiary alicyclic amines) is 1. The largest absolute Gasteiger partial charge is 0.389 e. The molecule has 0 radical (unpaired) electrons. The Hall–Kier alpha value is -0.900. The van der Waals surface area contributed by atoms with Crippen molar-refractivity contribution in [2.45, 2.75) is 38.4 Å². The monoisotopic (exact) mass is 263 g/mol. The fourth-order valence-electron chi connectivity index (χ4n) is 2.65. The molecule has 1 aromatic carbocycles. The van der Waals surface area contributed by atoms with Crippen LogP contribution < -0.4 is 0 Å². The number of β-amino-alcohol motifs (C(OH)–C–C–N with tert-alkyl or cyclic N) is 1. The second-order valence-corrected chi connectivity index (χ2v) is 5.69. The topological polar surface area (TPSA) is 32.7 Å². The van der Waals surface area contributed by atoms with Crippen LogP contribution in [-0.4, -0.2) is 48.5 Å². The van der Waals surface area contributed by atoms with Gasteiger partial charge in [-0.15, -0.1) is 0 Å². The summed E-state index contributed by atoms with van der Waals surface area (Å²) in [5.41, 5.74) is 1.41. The number of benzene rings is 1. The van der Waals surface area contributed by atoms with Crippen molar-refractivity contribution in [3.05, 3.63) is 35.9 Å². The molecule has 0 saturated carbocycles. The smallest absolute Gasteiger partial charge is 0.0900 e. The van der Waals surface area contributed by atoms with Crippen molar-refractivity contribution in [3.63, 3.8) is 0 Å². The molecule has 2 unspecified atom stereocenters. The Morgan fingerprint density at radius 3 is 2.74 bits per heavy atom. The van der Waals surface area contributed by atoms with Crippen LogP contribution >= 0.6 is 0 Å². The molecule has 1 saturated heterocycles. The van der Waals surface area contributed by atoms with Crippen LogP contribution in [0, 0.1) is 0 Å². The maximum Gasteiger partial charge on any atom is 0.0900 e. The summed E-state index contributed by atoms with van der Waals surface area (Å²) in [5.74, 6) is 0.611. The predicted molar refractivity (Wildman–Crippen MR) is 77.3 cm³/mol. The van der Waals surface area contributed by atoms with Gasteiger partial charge < -0.3 is 14.7 Å². The van der Waals surface area contributed by atoms with Gasteiger partial charge in [0.05, 0.1) is 18.8 Å². The Balaban J connectivity index is 1.76. The van der Waals surface area contributed by atoms with E-state index in [9.17, 15) is 5.11 Å². The molecule has 0 amide bonds. The Labute approximate surface area is 116 Å². The number of hydrogen-bond donors (Lipinski definition) is 1. The van der Waals surface area contributed by atoms with Crippen molar-refractivity contribution in [2.75, 3.05) is 26.2 Å². The lowest BCUT2D eigenvalue weighted by molar-refractivity contribution is -0.00594. The summed E-state index contributed by atoms with van der Waals surface area (Å²) in [6, 6.07) is 10.7. The van der Waals surface area contributed by atoms with E-state index in [-0.39, 0.29) is 12.2 Å². The molecule has 1 aromatic rings.